The predicted octanol–water partition coefficient (Wildman–Crippen LogP) is 4.26. The van der Waals surface area contributed by atoms with Crippen molar-refractivity contribution in [3.63, 3.8) is 0 Å². The Labute approximate surface area is 138 Å². The van der Waals surface area contributed by atoms with Gasteiger partial charge in [-0.2, -0.15) is 0 Å². The first-order chi connectivity index (χ1) is 11.2. The fourth-order valence-electron chi connectivity index (χ4n) is 3.54. The van der Waals surface area contributed by atoms with Crippen molar-refractivity contribution in [1.82, 2.24) is 5.32 Å². The van der Waals surface area contributed by atoms with Crippen LogP contribution < -0.4 is 10.6 Å². The first kappa shape index (κ1) is 14.7. The summed E-state index contributed by atoms with van der Waals surface area (Å²) >= 11 is 1.72. The molecule has 2 aliphatic rings. The first-order valence-electron chi connectivity index (χ1n) is 8.13. The Morgan fingerprint density at radius 2 is 2.04 bits per heavy atom. The van der Waals surface area contributed by atoms with Crippen LogP contribution in [0.15, 0.2) is 24.3 Å². The third-order valence-electron chi connectivity index (χ3n) is 4.93. The highest BCUT2D eigenvalue weighted by molar-refractivity contribution is 7.16. The number of amides is 1. The molecule has 0 fully saturated rings. The van der Waals surface area contributed by atoms with Gasteiger partial charge in [0, 0.05) is 4.88 Å². The number of halogens is 1. The van der Waals surface area contributed by atoms with E-state index in [-0.39, 0.29) is 17.9 Å². The van der Waals surface area contributed by atoms with Gasteiger partial charge in [0.15, 0.2) is 0 Å². The Morgan fingerprint density at radius 3 is 2.78 bits per heavy atom. The summed E-state index contributed by atoms with van der Waals surface area (Å²) in [5.74, 6) is 0.452. The SMILES string of the molecule is CCC1CCc2c(sc3c2C(=O)NC(c2ccc(F)cc2)N3)C1. The molecule has 4 rings (SSSR count). The minimum Gasteiger partial charge on any atom is -0.353 e. The van der Waals surface area contributed by atoms with Gasteiger partial charge in [-0.1, -0.05) is 25.5 Å². The zero-order valence-electron chi connectivity index (χ0n) is 13.0. The predicted molar refractivity (Wildman–Crippen MR) is 90.4 cm³/mol. The molecule has 0 spiro atoms. The molecule has 5 heteroatoms. The largest absolute Gasteiger partial charge is 0.353 e. The van der Waals surface area contributed by atoms with Gasteiger partial charge in [-0.05, 0) is 48.4 Å². The van der Waals surface area contributed by atoms with Crippen LogP contribution in [0, 0.1) is 11.7 Å². The highest BCUT2D eigenvalue weighted by Crippen LogP contribution is 2.43. The van der Waals surface area contributed by atoms with Crippen molar-refractivity contribution in [3.05, 3.63) is 51.7 Å². The molecular formula is C18H19FN2OS. The van der Waals surface area contributed by atoms with Crippen LogP contribution in [-0.2, 0) is 12.8 Å². The lowest BCUT2D eigenvalue weighted by atomic mass is 9.85. The molecule has 1 aliphatic carbocycles. The second kappa shape index (κ2) is 5.64. The summed E-state index contributed by atoms with van der Waals surface area (Å²) in [5.41, 5.74) is 2.93. The summed E-state index contributed by atoms with van der Waals surface area (Å²) in [4.78, 5) is 14.0. The molecule has 1 amide bonds. The van der Waals surface area contributed by atoms with E-state index >= 15 is 0 Å². The number of anilines is 1. The molecule has 1 aromatic carbocycles. The van der Waals surface area contributed by atoms with Crippen LogP contribution in [0.25, 0.3) is 0 Å². The summed E-state index contributed by atoms with van der Waals surface area (Å²) in [6, 6.07) is 6.26. The van der Waals surface area contributed by atoms with E-state index in [4.69, 9.17) is 0 Å². The number of fused-ring (bicyclic) bond motifs is 3. The van der Waals surface area contributed by atoms with Gasteiger partial charge in [-0.3, -0.25) is 4.79 Å². The van der Waals surface area contributed by atoms with Gasteiger partial charge in [0.1, 0.15) is 17.0 Å². The van der Waals surface area contributed by atoms with Crippen LogP contribution in [0.2, 0.25) is 0 Å². The van der Waals surface area contributed by atoms with E-state index < -0.39 is 0 Å². The average molecular weight is 330 g/mol. The number of thiophene rings is 1. The van der Waals surface area contributed by atoms with E-state index in [1.165, 1.54) is 35.4 Å². The van der Waals surface area contributed by atoms with E-state index in [1.54, 1.807) is 23.5 Å². The Hall–Kier alpha value is -1.88. The van der Waals surface area contributed by atoms with Crippen LogP contribution in [-0.4, -0.2) is 5.91 Å². The average Bonchev–Trinajstić information content (AvgIpc) is 2.93. The van der Waals surface area contributed by atoms with Crippen LogP contribution >= 0.6 is 11.3 Å². The Bertz CT molecular complexity index is 753. The van der Waals surface area contributed by atoms with Crippen LogP contribution in [0.5, 0.6) is 0 Å². The van der Waals surface area contributed by atoms with Gasteiger partial charge in [0.25, 0.3) is 5.91 Å². The Balaban J connectivity index is 1.66. The van der Waals surface area contributed by atoms with E-state index in [9.17, 15) is 9.18 Å². The highest BCUT2D eigenvalue weighted by Gasteiger charge is 2.33. The van der Waals surface area contributed by atoms with Crippen LogP contribution in [0.4, 0.5) is 9.39 Å². The molecule has 0 radical (unpaired) electrons. The lowest BCUT2D eigenvalue weighted by Gasteiger charge is -2.27. The van der Waals surface area contributed by atoms with Gasteiger partial charge in [0.05, 0.1) is 5.56 Å². The molecule has 1 aliphatic heterocycles. The van der Waals surface area contributed by atoms with Gasteiger partial charge in [0.2, 0.25) is 0 Å². The smallest absolute Gasteiger partial charge is 0.256 e. The molecule has 2 heterocycles. The standard InChI is InChI=1S/C18H19FN2OS/c1-2-10-3-8-13-14(9-10)23-18-15(13)17(22)20-16(21-18)11-4-6-12(19)7-5-11/h4-7,10,16,21H,2-3,8-9H2,1H3,(H,20,22). The number of hydrogen-bond donors (Lipinski definition) is 2. The monoisotopic (exact) mass is 330 g/mol. The maximum atomic E-state index is 13.1. The zero-order chi connectivity index (χ0) is 16.0. The van der Waals surface area contributed by atoms with Gasteiger partial charge in [-0.25, -0.2) is 4.39 Å². The van der Waals surface area contributed by atoms with Crippen LogP contribution in [0.1, 0.15) is 52.3 Å². The number of hydrogen-bond acceptors (Lipinski definition) is 3. The molecule has 0 bridgehead atoms. The molecule has 2 aromatic rings. The van der Waals surface area contributed by atoms with Gasteiger partial charge >= 0.3 is 0 Å². The lowest BCUT2D eigenvalue weighted by Crippen LogP contribution is -2.38. The second-order valence-electron chi connectivity index (χ2n) is 6.33. The third kappa shape index (κ3) is 2.53. The molecule has 0 saturated carbocycles. The molecule has 120 valence electrons. The van der Waals surface area contributed by atoms with E-state index in [2.05, 4.69) is 17.6 Å². The number of benzene rings is 1. The fraction of sp³-hybridized carbons (Fsp3) is 0.389. The molecule has 1 aromatic heterocycles. The van der Waals surface area contributed by atoms with Crippen molar-refractivity contribution in [3.8, 4) is 0 Å². The summed E-state index contributed by atoms with van der Waals surface area (Å²) in [6.07, 6.45) is 4.15. The zero-order valence-corrected chi connectivity index (χ0v) is 13.8. The maximum absolute atomic E-state index is 13.1. The number of carbonyl (C=O) groups is 1. The molecular weight excluding hydrogens is 311 g/mol. The molecule has 2 atom stereocenters. The Morgan fingerprint density at radius 1 is 1.26 bits per heavy atom. The molecule has 23 heavy (non-hydrogen) atoms. The van der Waals surface area contributed by atoms with Crippen molar-refractivity contribution in [1.29, 1.82) is 0 Å². The third-order valence-corrected chi connectivity index (χ3v) is 6.11. The van der Waals surface area contributed by atoms with E-state index in [0.29, 0.717) is 0 Å². The maximum Gasteiger partial charge on any atom is 0.256 e. The second-order valence-corrected chi connectivity index (χ2v) is 7.43. The lowest BCUT2D eigenvalue weighted by molar-refractivity contribution is 0.0935. The van der Waals surface area contributed by atoms with Gasteiger partial charge in [-0.15, -0.1) is 11.3 Å². The van der Waals surface area contributed by atoms with E-state index in [0.717, 1.165) is 34.9 Å². The highest BCUT2D eigenvalue weighted by atomic mass is 32.1. The molecule has 3 nitrogen and oxygen atoms in total. The van der Waals surface area contributed by atoms with Crippen molar-refractivity contribution in [2.75, 3.05) is 5.32 Å². The summed E-state index contributed by atoms with van der Waals surface area (Å²) in [6.45, 7) is 2.23. The van der Waals surface area contributed by atoms with Crippen molar-refractivity contribution < 1.29 is 9.18 Å². The number of rotatable bonds is 2. The number of nitrogens with one attached hydrogen (secondary N) is 2. The van der Waals surface area contributed by atoms with E-state index in [1.807, 2.05) is 0 Å². The quantitative estimate of drug-likeness (QED) is 0.864. The topological polar surface area (TPSA) is 41.1 Å². The number of carbonyl (C=O) groups excluding carboxylic acids is 1. The minimum absolute atomic E-state index is 0.0134. The van der Waals surface area contributed by atoms with Crippen molar-refractivity contribution in [2.45, 2.75) is 38.8 Å². The van der Waals surface area contributed by atoms with Gasteiger partial charge < -0.3 is 10.6 Å². The minimum atomic E-state index is -0.294. The Kier molecular flexibility index (Phi) is 3.60. The normalized spacial score (nSPS) is 22.8. The molecule has 2 N–H and O–H groups in total. The molecule has 0 saturated heterocycles. The summed E-state index contributed by atoms with van der Waals surface area (Å²) < 4.78 is 13.1. The summed E-state index contributed by atoms with van der Waals surface area (Å²) in [5, 5.41) is 7.38. The van der Waals surface area contributed by atoms with Crippen molar-refractivity contribution >= 4 is 22.2 Å². The summed E-state index contributed by atoms with van der Waals surface area (Å²) in [7, 11) is 0. The first-order valence-corrected chi connectivity index (χ1v) is 8.94. The van der Waals surface area contributed by atoms with Crippen LogP contribution in [0.3, 0.4) is 0 Å². The molecule has 2 unspecified atom stereocenters. The fourth-order valence-corrected chi connectivity index (χ4v) is 4.92. The van der Waals surface area contributed by atoms with Crippen molar-refractivity contribution in [2.24, 2.45) is 5.92 Å².